The second-order valence-corrected chi connectivity index (χ2v) is 7.60. The molecule has 7 heteroatoms. The highest BCUT2D eigenvalue weighted by Crippen LogP contribution is 2.25. The Labute approximate surface area is 142 Å². The molecule has 0 aliphatic heterocycles. The Kier molecular flexibility index (Phi) is 7.36. The summed E-state index contributed by atoms with van der Waals surface area (Å²) >= 11 is 1.47. The number of aryl methyl sites for hydroxylation is 1. The SMILES string of the molecule is COCCCn1cnnc1SC(C)C(=O)NC1CCCCC1C. The summed E-state index contributed by atoms with van der Waals surface area (Å²) in [5.41, 5.74) is 0. The molecule has 130 valence electrons. The number of amides is 1. The molecule has 0 spiro atoms. The second kappa shape index (κ2) is 9.27. The lowest BCUT2D eigenvalue weighted by molar-refractivity contribution is -0.121. The van der Waals surface area contributed by atoms with Crippen LogP contribution < -0.4 is 5.32 Å². The van der Waals surface area contributed by atoms with Crippen molar-refractivity contribution in [1.29, 1.82) is 0 Å². The van der Waals surface area contributed by atoms with E-state index >= 15 is 0 Å². The number of carbonyl (C=O) groups excluding carboxylic acids is 1. The predicted molar refractivity (Wildman–Crippen MR) is 91.4 cm³/mol. The van der Waals surface area contributed by atoms with E-state index in [1.54, 1.807) is 13.4 Å². The van der Waals surface area contributed by atoms with Crippen LogP contribution in [0.3, 0.4) is 0 Å². The van der Waals surface area contributed by atoms with Crippen LogP contribution in [-0.4, -0.2) is 45.7 Å². The fourth-order valence-corrected chi connectivity index (χ4v) is 3.77. The molecule has 1 aromatic heterocycles. The summed E-state index contributed by atoms with van der Waals surface area (Å²) in [5, 5.41) is 11.9. The minimum absolute atomic E-state index is 0.0974. The van der Waals surface area contributed by atoms with Crippen molar-refractivity contribution in [2.75, 3.05) is 13.7 Å². The first-order valence-corrected chi connectivity index (χ1v) is 9.33. The maximum Gasteiger partial charge on any atom is 0.233 e. The van der Waals surface area contributed by atoms with Gasteiger partial charge in [-0.25, -0.2) is 0 Å². The number of ether oxygens (including phenoxy) is 1. The highest BCUT2D eigenvalue weighted by molar-refractivity contribution is 8.00. The average molecular weight is 340 g/mol. The quantitative estimate of drug-likeness (QED) is 0.582. The molecule has 1 aromatic rings. The van der Waals surface area contributed by atoms with Gasteiger partial charge < -0.3 is 14.6 Å². The first kappa shape index (κ1) is 18.3. The third-order valence-corrected chi connectivity index (χ3v) is 5.51. The van der Waals surface area contributed by atoms with E-state index in [4.69, 9.17) is 4.74 Å². The molecule has 1 aliphatic carbocycles. The van der Waals surface area contributed by atoms with E-state index in [2.05, 4.69) is 22.4 Å². The van der Waals surface area contributed by atoms with Crippen LogP contribution in [0, 0.1) is 5.92 Å². The Bertz CT molecular complexity index is 494. The summed E-state index contributed by atoms with van der Waals surface area (Å²) in [6, 6.07) is 0.318. The number of rotatable bonds is 8. The van der Waals surface area contributed by atoms with E-state index in [0.717, 1.165) is 24.5 Å². The third kappa shape index (κ3) is 5.49. The minimum Gasteiger partial charge on any atom is -0.385 e. The molecule has 6 nitrogen and oxygen atoms in total. The van der Waals surface area contributed by atoms with Crippen LogP contribution >= 0.6 is 11.8 Å². The van der Waals surface area contributed by atoms with E-state index in [9.17, 15) is 4.79 Å². The summed E-state index contributed by atoms with van der Waals surface area (Å²) in [5.74, 6) is 0.669. The number of aromatic nitrogens is 3. The van der Waals surface area contributed by atoms with Gasteiger partial charge in [-0.15, -0.1) is 10.2 Å². The first-order chi connectivity index (χ1) is 11.1. The van der Waals surface area contributed by atoms with E-state index in [1.165, 1.54) is 31.0 Å². The van der Waals surface area contributed by atoms with Gasteiger partial charge in [-0.05, 0) is 32.1 Å². The standard InChI is InChI=1S/C16H28N4O2S/c1-12-7-4-5-8-14(12)18-15(21)13(2)23-16-19-17-11-20(16)9-6-10-22-3/h11-14H,4-10H2,1-3H3,(H,18,21). The van der Waals surface area contributed by atoms with Gasteiger partial charge in [0.2, 0.25) is 5.91 Å². The lowest BCUT2D eigenvalue weighted by Crippen LogP contribution is -2.44. The Morgan fingerprint density at radius 2 is 2.30 bits per heavy atom. The molecule has 1 aliphatic rings. The maximum atomic E-state index is 12.4. The maximum absolute atomic E-state index is 12.4. The smallest absolute Gasteiger partial charge is 0.233 e. The number of nitrogens with one attached hydrogen (secondary N) is 1. The second-order valence-electron chi connectivity index (χ2n) is 6.29. The molecular formula is C16H28N4O2S. The van der Waals surface area contributed by atoms with Crippen LogP contribution in [0.1, 0.15) is 46.0 Å². The van der Waals surface area contributed by atoms with Crippen molar-refractivity contribution in [2.45, 2.75) is 68.9 Å². The van der Waals surface area contributed by atoms with Gasteiger partial charge in [0.25, 0.3) is 0 Å². The van der Waals surface area contributed by atoms with Gasteiger partial charge in [-0.3, -0.25) is 4.79 Å². The van der Waals surface area contributed by atoms with Crippen LogP contribution in [0.25, 0.3) is 0 Å². The van der Waals surface area contributed by atoms with Crippen LogP contribution in [0.15, 0.2) is 11.5 Å². The van der Waals surface area contributed by atoms with Gasteiger partial charge in [0.15, 0.2) is 5.16 Å². The molecule has 1 fully saturated rings. The molecule has 1 heterocycles. The lowest BCUT2D eigenvalue weighted by atomic mass is 9.86. The molecule has 0 aromatic carbocycles. The molecule has 0 bridgehead atoms. The fourth-order valence-electron chi connectivity index (χ4n) is 2.91. The summed E-state index contributed by atoms with van der Waals surface area (Å²) in [6.07, 6.45) is 7.42. The molecule has 3 unspecified atom stereocenters. The van der Waals surface area contributed by atoms with Crippen LogP contribution in [0.2, 0.25) is 0 Å². The summed E-state index contributed by atoms with van der Waals surface area (Å²) in [4.78, 5) is 12.4. The number of methoxy groups -OCH3 is 1. The fraction of sp³-hybridized carbons (Fsp3) is 0.812. The summed E-state index contributed by atoms with van der Waals surface area (Å²) < 4.78 is 7.05. The van der Waals surface area contributed by atoms with Crippen molar-refractivity contribution >= 4 is 17.7 Å². The van der Waals surface area contributed by atoms with Gasteiger partial charge in [-0.2, -0.15) is 0 Å². The van der Waals surface area contributed by atoms with E-state index in [0.29, 0.717) is 18.6 Å². The van der Waals surface area contributed by atoms with Crippen LogP contribution in [-0.2, 0) is 16.1 Å². The summed E-state index contributed by atoms with van der Waals surface area (Å²) in [7, 11) is 1.69. The van der Waals surface area contributed by atoms with Crippen molar-refractivity contribution in [3.8, 4) is 0 Å². The lowest BCUT2D eigenvalue weighted by Gasteiger charge is -2.30. The zero-order valence-electron chi connectivity index (χ0n) is 14.3. The van der Waals surface area contributed by atoms with Gasteiger partial charge in [-0.1, -0.05) is 31.5 Å². The van der Waals surface area contributed by atoms with Crippen LogP contribution in [0.5, 0.6) is 0 Å². The highest BCUT2D eigenvalue weighted by Gasteiger charge is 2.25. The molecule has 1 N–H and O–H groups in total. The van der Waals surface area contributed by atoms with Crippen LogP contribution in [0.4, 0.5) is 0 Å². The Hall–Kier alpha value is -1.08. The largest absolute Gasteiger partial charge is 0.385 e. The van der Waals surface area contributed by atoms with Gasteiger partial charge in [0.05, 0.1) is 5.25 Å². The van der Waals surface area contributed by atoms with Crippen molar-refractivity contribution in [1.82, 2.24) is 20.1 Å². The average Bonchev–Trinajstić information content (AvgIpc) is 2.97. The molecule has 1 saturated carbocycles. The molecule has 0 saturated heterocycles. The van der Waals surface area contributed by atoms with E-state index < -0.39 is 0 Å². The normalized spacial score (nSPS) is 22.7. The van der Waals surface area contributed by atoms with Gasteiger partial charge in [0, 0.05) is 26.3 Å². The number of thioether (sulfide) groups is 1. The Balaban J connectivity index is 1.84. The molecular weight excluding hydrogens is 312 g/mol. The number of carbonyl (C=O) groups is 1. The van der Waals surface area contributed by atoms with Crippen molar-refractivity contribution < 1.29 is 9.53 Å². The predicted octanol–water partition coefficient (Wildman–Crippen LogP) is 2.49. The first-order valence-electron chi connectivity index (χ1n) is 8.45. The van der Waals surface area contributed by atoms with Crippen molar-refractivity contribution in [3.05, 3.63) is 6.33 Å². The molecule has 23 heavy (non-hydrogen) atoms. The third-order valence-electron chi connectivity index (χ3n) is 4.42. The minimum atomic E-state index is -0.172. The van der Waals surface area contributed by atoms with E-state index in [-0.39, 0.29) is 11.2 Å². The molecule has 0 radical (unpaired) electrons. The highest BCUT2D eigenvalue weighted by atomic mass is 32.2. The number of hydrogen-bond acceptors (Lipinski definition) is 5. The van der Waals surface area contributed by atoms with Crippen molar-refractivity contribution in [3.63, 3.8) is 0 Å². The van der Waals surface area contributed by atoms with Crippen molar-refractivity contribution in [2.24, 2.45) is 5.92 Å². The molecule has 3 atom stereocenters. The summed E-state index contributed by atoms with van der Waals surface area (Å²) in [6.45, 7) is 5.67. The number of hydrogen-bond donors (Lipinski definition) is 1. The topological polar surface area (TPSA) is 69.0 Å². The van der Waals surface area contributed by atoms with E-state index in [1.807, 2.05) is 11.5 Å². The Morgan fingerprint density at radius 3 is 3.04 bits per heavy atom. The Morgan fingerprint density at radius 1 is 1.52 bits per heavy atom. The number of nitrogens with zero attached hydrogens (tertiary/aromatic N) is 3. The zero-order valence-corrected chi connectivity index (χ0v) is 15.1. The van der Waals surface area contributed by atoms with Gasteiger partial charge >= 0.3 is 0 Å². The zero-order chi connectivity index (χ0) is 16.7. The molecule has 1 amide bonds. The molecule has 2 rings (SSSR count). The van der Waals surface area contributed by atoms with Gasteiger partial charge in [0.1, 0.15) is 6.33 Å². The monoisotopic (exact) mass is 340 g/mol.